The molecule has 0 radical (unpaired) electrons. The van der Waals surface area contributed by atoms with Gasteiger partial charge in [-0.15, -0.1) is 0 Å². The van der Waals surface area contributed by atoms with Gasteiger partial charge in [0.1, 0.15) is 5.58 Å². The van der Waals surface area contributed by atoms with Gasteiger partial charge in [-0.1, -0.05) is 26.0 Å². The number of esters is 1. The Hall–Kier alpha value is -2.83. The standard InChI is InChI=1S/C18H22N2O5/c1-11(2)8-19-18(23)20-16(21)10-25-17(22)7-13-9-24-15-6-12(3)4-5-14(13)15/h4-6,9,11H,7-8,10H2,1-3H3,(H2,19,20,21,23). The predicted molar refractivity (Wildman–Crippen MR) is 92.0 cm³/mol. The molecule has 3 amide bonds. The average Bonchev–Trinajstić information content (AvgIpc) is 2.93. The molecule has 7 nitrogen and oxygen atoms in total. The number of amides is 3. The number of rotatable bonds is 6. The van der Waals surface area contributed by atoms with Crippen LogP contribution in [-0.2, 0) is 20.7 Å². The van der Waals surface area contributed by atoms with Gasteiger partial charge in [-0.25, -0.2) is 4.79 Å². The molecule has 1 aromatic carbocycles. The fraction of sp³-hybridized carbons (Fsp3) is 0.389. The number of fused-ring (bicyclic) bond motifs is 1. The van der Waals surface area contributed by atoms with Crippen LogP contribution in [-0.4, -0.2) is 31.1 Å². The lowest BCUT2D eigenvalue weighted by Gasteiger charge is -2.08. The van der Waals surface area contributed by atoms with Gasteiger partial charge in [-0.2, -0.15) is 0 Å². The molecule has 134 valence electrons. The van der Waals surface area contributed by atoms with Crippen LogP contribution in [0.3, 0.4) is 0 Å². The molecule has 2 N–H and O–H groups in total. The number of aryl methyl sites for hydroxylation is 1. The molecular formula is C18H22N2O5. The third-order valence-corrected chi connectivity index (χ3v) is 3.43. The van der Waals surface area contributed by atoms with Crippen LogP contribution < -0.4 is 10.6 Å². The van der Waals surface area contributed by atoms with Gasteiger partial charge in [0.05, 0.1) is 12.7 Å². The Morgan fingerprint density at radius 2 is 2.00 bits per heavy atom. The summed E-state index contributed by atoms with van der Waals surface area (Å²) in [5.41, 5.74) is 2.45. The Labute approximate surface area is 145 Å². The first-order chi connectivity index (χ1) is 11.8. The highest BCUT2D eigenvalue weighted by molar-refractivity contribution is 5.95. The van der Waals surface area contributed by atoms with E-state index in [1.165, 1.54) is 6.26 Å². The normalized spacial score (nSPS) is 10.7. The zero-order chi connectivity index (χ0) is 18.4. The van der Waals surface area contributed by atoms with Gasteiger partial charge in [-0.05, 0) is 24.5 Å². The first-order valence-electron chi connectivity index (χ1n) is 8.05. The fourth-order valence-corrected chi connectivity index (χ4v) is 2.18. The molecule has 0 spiro atoms. The lowest BCUT2D eigenvalue weighted by Crippen LogP contribution is -2.42. The quantitative estimate of drug-likeness (QED) is 0.782. The van der Waals surface area contributed by atoms with Crippen molar-refractivity contribution >= 4 is 28.9 Å². The highest BCUT2D eigenvalue weighted by Gasteiger charge is 2.14. The Kier molecular flexibility index (Phi) is 6.16. The molecule has 0 atom stereocenters. The van der Waals surface area contributed by atoms with Gasteiger partial charge in [0, 0.05) is 17.5 Å². The minimum Gasteiger partial charge on any atom is -0.464 e. The van der Waals surface area contributed by atoms with Gasteiger partial charge < -0.3 is 14.5 Å². The van der Waals surface area contributed by atoms with Crippen LogP contribution in [0.25, 0.3) is 11.0 Å². The SMILES string of the molecule is Cc1ccc2c(CC(=O)OCC(=O)NC(=O)NCC(C)C)coc2c1. The van der Waals surface area contributed by atoms with Gasteiger partial charge >= 0.3 is 12.0 Å². The Morgan fingerprint density at radius 3 is 2.72 bits per heavy atom. The lowest BCUT2D eigenvalue weighted by molar-refractivity contribution is -0.147. The first-order valence-corrected chi connectivity index (χ1v) is 8.05. The topological polar surface area (TPSA) is 97.6 Å². The summed E-state index contributed by atoms with van der Waals surface area (Å²) >= 11 is 0. The number of furan rings is 1. The van der Waals surface area contributed by atoms with Crippen LogP contribution in [0.2, 0.25) is 0 Å². The highest BCUT2D eigenvalue weighted by Crippen LogP contribution is 2.22. The zero-order valence-electron chi connectivity index (χ0n) is 14.5. The maximum atomic E-state index is 11.9. The predicted octanol–water partition coefficient (Wildman–Crippen LogP) is 2.31. The number of hydrogen-bond donors (Lipinski definition) is 2. The van der Waals surface area contributed by atoms with E-state index < -0.39 is 24.5 Å². The molecule has 0 saturated heterocycles. The number of nitrogens with one attached hydrogen (secondary N) is 2. The summed E-state index contributed by atoms with van der Waals surface area (Å²) < 4.78 is 10.3. The molecule has 2 aromatic rings. The fourth-order valence-electron chi connectivity index (χ4n) is 2.18. The van der Waals surface area contributed by atoms with Gasteiger partial charge in [-0.3, -0.25) is 14.9 Å². The van der Waals surface area contributed by atoms with Gasteiger partial charge in [0.2, 0.25) is 0 Å². The molecular weight excluding hydrogens is 324 g/mol. The van der Waals surface area contributed by atoms with Crippen molar-refractivity contribution in [2.75, 3.05) is 13.2 Å². The van der Waals surface area contributed by atoms with Crippen molar-refractivity contribution < 1.29 is 23.5 Å². The summed E-state index contributed by atoms with van der Waals surface area (Å²) in [6, 6.07) is 5.08. The van der Waals surface area contributed by atoms with Crippen LogP contribution >= 0.6 is 0 Å². The number of urea groups is 1. The maximum absolute atomic E-state index is 11.9. The molecule has 0 unspecified atom stereocenters. The minimum absolute atomic E-state index is 0.0110. The van der Waals surface area contributed by atoms with E-state index in [0.717, 1.165) is 10.9 Å². The highest BCUT2D eigenvalue weighted by atomic mass is 16.5. The van der Waals surface area contributed by atoms with E-state index >= 15 is 0 Å². The summed E-state index contributed by atoms with van der Waals surface area (Å²) in [7, 11) is 0. The second kappa shape index (κ2) is 8.32. The molecule has 0 saturated carbocycles. The molecule has 1 heterocycles. The van der Waals surface area contributed by atoms with E-state index in [1.54, 1.807) is 0 Å². The van der Waals surface area contributed by atoms with Crippen LogP contribution in [0.15, 0.2) is 28.9 Å². The van der Waals surface area contributed by atoms with Crippen molar-refractivity contribution in [1.82, 2.24) is 10.6 Å². The second-order valence-corrected chi connectivity index (χ2v) is 6.25. The number of carbonyl (C=O) groups is 3. The van der Waals surface area contributed by atoms with E-state index in [4.69, 9.17) is 9.15 Å². The van der Waals surface area contributed by atoms with Gasteiger partial charge in [0.25, 0.3) is 5.91 Å². The Bertz CT molecular complexity index is 779. The summed E-state index contributed by atoms with van der Waals surface area (Å²) in [4.78, 5) is 34.9. The average molecular weight is 346 g/mol. The van der Waals surface area contributed by atoms with Crippen LogP contribution in [0, 0.1) is 12.8 Å². The number of imide groups is 1. The second-order valence-electron chi connectivity index (χ2n) is 6.25. The number of benzene rings is 1. The molecule has 7 heteroatoms. The van der Waals surface area contributed by atoms with Crippen molar-refractivity contribution in [3.8, 4) is 0 Å². The van der Waals surface area contributed by atoms with Gasteiger partial charge in [0.15, 0.2) is 6.61 Å². The maximum Gasteiger partial charge on any atom is 0.321 e. The molecule has 0 aliphatic carbocycles. The molecule has 25 heavy (non-hydrogen) atoms. The summed E-state index contributed by atoms with van der Waals surface area (Å²) in [6.07, 6.45) is 1.49. The number of hydrogen-bond acceptors (Lipinski definition) is 5. The molecule has 0 aliphatic heterocycles. The molecule has 0 bridgehead atoms. The van der Waals surface area contributed by atoms with Crippen molar-refractivity contribution in [3.63, 3.8) is 0 Å². The monoisotopic (exact) mass is 346 g/mol. The molecule has 2 rings (SSSR count). The van der Waals surface area contributed by atoms with E-state index in [1.807, 2.05) is 39.0 Å². The zero-order valence-corrected chi connectivity index (χ0v) is 14.5. The van der Waals surface area contributed by atoms with E-state index in [2.05, 4.69) is 10.6 Å². The molecule has 0 aliphatic rings. The smallest absolute Gasteiger partial charge is 0.321 e. The molecule has 1 aromatic heterocycles. The van der Waals surface area contributed by atoms with Crippen LogP contribution in [0.4, 0.5) is 4.79 Å². The summed E-state index contributed by atoms with van der Waals surface area (Å²) in [6.45, 7) is 5.76. The lowest BCUT2D eigenvalue weighted by atomic mass is 10.1. The minimum atomic E-state index is -0.678. The van der Waals surface area contributed by atoms with E-state index in [0.29, 0.717) is 17.7 Å². The van der Waals surface area contributed by atoms with Crippen molar-refractivity contribution in [2.24, 2.45) is 5.92 Å². The Balaban J connectivity index is 1.80. The Morgan fingerprint density at radius 1 is 1.24 bits per heavy atom. The van der Waals surface area contributed by atoms with Crippen LogP contribution in [0.5, 0.6) is 0 Å². The first kappa shape index (κ1) is 18.5. The van der Waals surface area contributed by atoms with E-state index in [-0.39, 0.29) is 12.3 Å². The number of carbonyl (C=O) groups excluding carboxylic acids is 3. The summed E-state index contributed by atoms with van der Waals surface area (Å²) in [5.74, 6) is -0.976. The van der Waals surface area contributed by atoms with E-state index in [9.17, 15) is 14.4 Å². The van der Waals surface area contributed by atoms with Crippen molar-refractivity contribution in [2.45, 2.75) is 27.2 Å². The number of ether oxygens (including phenoxy) is 1. The third-order valence-electron chi connectivity index (χ3n) is 3.43. The largest absolute Gasteiger partial charge is 0.464 e. The van der Waals surface area contributed by atoms with Crippen molar-refractivity contribution in [3.05, 3.63) is 35.6 Å². The summed E-state index contributed by atoms with van der Waals surface area (Å²) in [5, 5.41) is 5.47. The van der Waals surface area contributed by atoms with Crippen molar-refractivity contribution in [1.29, 1.82) is 0 Å². The molecule has 0 fully saturated rings. The van der Waals surface area contributed by atoms with Crippen LogP contribution in [0.1, 0.15) is 25.0 Å². The third kappa shape index (κ3) is 5.63.